The van der Waals surface area contributed by atoms with E-state index in [0.29, 0.717) is 0 Å². The monoisotopic (exact) mass is 125 g/mol. The van der Waals surface area contributed by atoms with Crippen molar-refractivity contribution in [2.45, 2.75) is 25.9 Å². The first-order valence-electron chi connectivity index (χ1n) is 2.16. The van der Waals surface area contributed by atoms with Crippen LogP contribution in [-0.4, -0.2) is 12.0 Å². The Morgan fingerprint density at radius 3 is 1.88 bits per heavy atom. The van der Waals surface area contributed by atoms with Crippen molar-refractivity contribution in [2.24, 2.45) is 5.90 Å². The third-order valence-corrected chi connectivity index (χ3v) is 0.829. The normalized spacial score (nSPS) is 12.8. The van der Waals surface area contributed by atoms with Crippen LogP contribution in [0.1, 0.15) is 13.8 Å². The summed E-state index contributed by atoms with van der Waals surface area (Å²) in [6, 6.07) is 0. The molecular formula is C4H9F2NO. The zero-order valence-corrected chi connectivity index (χ0v) is 4.82. The molecule has 0 aromatic rings. The highest BCUT2D eigenvalue weighted by atomic mass is 19.3. The van der Waals surface area contributed by atoms with Crippen LogP contribution in [0, 0.1) is 0 Å². The molecule has 0 bridgehead atoms. The summed E-state index contributed by atoms with van der Waals surface area (Å²) in [4.78, 5) is 3.95. The maximum atomic E-state index is 11.6. The molecule has 0 aliphatic heterocycles. The second-order valence-electron chi connectivity index (χ2n) is 2.02. The van der Waals surface area contributed by atoms with Crippen LogP contribution in [0.2, 0.25) is 0 Å². The Bertz CT molecular complexity index is 74.4. The highest BCUT2D eigenvalue weighted by Crippen LogP contribution is 2.15. The molecule has 0 unspecified atom stereocenters. The van der Waals surface area contributed by atoms with Crippen LogP contribution in [0.3, 0.4) is 0 Å². The van der Waals surface area contributed by atoms with Gasteiger partial charge in [0.1, 0.15) is 5.60 Å². The maximum Gasteiger partial charge on any atom is 0.268 e. The molecule has 0 aromatic heterocycles. The minimum Gasteiger partial charge on any atom is -0.293 e. The number of hydrogen-bond donors (Lipinski definition) is 1. The Morgan fingerprint density at radius 1 is 1.50 bits per heavy atom. The van der Waals surface area contributed by atoms with Crippen LogP contribution >= 0.6 is 0 Å². The summed E-state index contributed by atoms with van der Waals surface area (Å²) in [6.07, 6.45) is -2.53. The van der Waals surface area contributed by atoms with Gasteiger partial charge in [-0.05, 0) is 13.8 Å². The quantitative estimate of drug-likeness (QED) is 0.557. The smallest absolute Gasteiger partial charge is 0.268 e. The summed E-state index contributed by atoms with van der Waals surface area (Å²) in [5, 5.41) is 0. The molecule has 0 aliphatic carbocycles. The fourth-order valence-electron chi connectivity index (χ4n) is 0.0514. The number of halogens is 2. The predicted octanol–water partition coefficient (Wildman–Crippen LogP) is 0.920. The minimum absolute atomic E-state index is 1.22. The Morgan fingerprint density at radius 2 is 1.88 bits per heavy atom. The Kier molecular flexibility index (Phi) is 2.30. The molecule has 0 fully saturated rings. The number of alkyl halides is 2. The fraction of sp³-hybridized carbons (Fsp3) is 1.00. The molecule has 0 amide bonds. The van der Waals surface area contributed by atoms with E-state index >= 15 is 0 Å². The van der Waals surface area contributed by atoms with Crippen LogP contribution in [0.5, 0.6) is 0 Å². The van der Waals surface area contributed by atoms with Gasteiger partial charge in [0.05, 0.1) is 0 Å². The predicted molar refractivity (Wildman–Crippen MR) is 25.4 cm³/mol. The van der Waals surface area contributed by atoms with Crippen LogP contribution in [-0.2, 0) is 4.84 Å². The average molecular weight is 125 g/mol. The van der Waals surface area contributed by atoms with Crippen molar-refractivity contribution < 1.29 is 13.6 Å². The SMILES string of the molecule is CC(C)(ON)C(F)F. The molecular weight excluding hydrogens is 116 g/mol. The lowest BCUT2D eigenvalue weighted by Crippen LogP contribution is -2.35. The van der Waals surface area contributed by atoms with Crippen molar-refractivity contribution in [3.63, 3.8) is 0 Å². The van der Waals surface area contributed by atoms with E-state index in [4.69, 9.17) is 0 Å². The van der Waals surface area contributed by atoms with Gasteiger partial charge in [0, 0.05) is 0 Å². The zero-order chi connectivity index (χ0) is 6.78. The molecule has 4 heteroatoms. The summed E-state index contributed by atoms with van der Waals surface area (Å²) in [6.45, 7) is 2.44. The molecule has 0 rings (SSSR count). The van der Waals surface area contributed by atoms with Gasteiger partial charge < -0.3 is 0 Å². The van der Waals surface area contributed by atoms with Gasteiger partial charge in [-0.3, -0.25) is 4.84 Å². The Balaban J connectivity index is 3.71. The third kappa shape index (κ3) is 1.71. The van der Waals surface area contributed by atoms with Gasteiger partial charge in [-0.25, -0.2) is 14.7 Å². The van der Waals surface area contributed by atoms with Crippen molar-refractivity contribution in [1.82, 2.24) is 0 Å². The molecule has 0 radical (unpaired) electrons. The molecule has 50 valence electrons. The van der Waals surface area contributed by atoms with E-state index in [-0.39, 0.29) is 0 Å². The van der Waals surface area contributed by atoms with E-state index in [9.17, 15) is 8.78 Å². The second-order valence-corrected chi connectivity index (χ2v) is 2.02. The van der Waals surface area contributed by atoms with Crippen LogP contribution in [0.15, 0.2) is 0 Å². The fourth-order valence-corrected chi connectivity index (χ4v) is 0.0514. The molecule has 8 heavy (non-hydrogen) atoms. The van der Waals surface area contributed by atoms with Gasteiger partial charge >= 0.3 is 0 Å². The molecule has 0 heterocycles. The largest absolute Gasteiger partial charge is 0.293 e. The molecule has 0 aromatic carbocycles. The third-order valence-electron chi connectivity index (χ3n) is 0.829. The van der Waals surface area contributed by atoms with E-state index in [0.717, 1.165) is 0 Å². The molecule has 2 N–H and O–H groups in total. The minimum atomic E-state index is -2.53. The van der Waals surface area contributed by atoms with E-state index in [2.05, 4.69) is 10.7 Å². The molecule has 0 spiro atoms. The van der Waals surface area contributed by atoms with Gasteiger partial charge in [0.2, 0.25) is 0 Å². The van der Waals surface area contributed by atoms with Crippen molar-refractivity contribution in [3.05, 3.63) is 0 Å². The van der Waals surface area contributed by atoms with Gasteiger partial charge in [-0.1, -0.05) is 0 Å². The van der Waals surface area contributed by atoms with Crippen molar-refractivity contribution in [2.75, 3.05) is 0 Å². The van der Waals surface area contributed by atoms with E-state index in [1.807, 2.05) is 0 Å². The summed E-state index contributed by atoms with van der Waals surface area (Å²) in [5.41, 5.74) is -1.51. The van der Waals surface area contributed by atoms with Crippen LogP contribution in [0.25, 0.3) is 0 Å². The zero-order valence-electron chi connectivity index (χ0n) is 4.82. The first-order valence-corrected chi connectivity index (χ1v) is 2.16. The van der Waals surface area contributed by atoms with E-state index in [1.165, 1.54) is 13.8 Å². The molecule has 0 aliphatic rings. The average Bonchev–Trinajstić information content (AvgIpc) is 1.67. The van der Waals surface area contributed by atoms with Gasteiger partial charge in [-0.2, -0.15) is 0 Å². The lowest BCUT2D eigenvalue weighted by atomic mass is 10.1. The molecule has 0 saturated carbocycles. The van der Waals surface area contributed by atoms with Gasteiger partial charge in [0.15, 0.2) is 0 Å². The molecule has 2 nitrogen and oxygen atoms in total. The number of nitrogens with two attached hydrogens (primary N) is 1. The topological polar surface area (TPSA) is 35.2 Å². The summed E-state index contributed by atoms with van der Waals surface area (Å²) >= 11 is 0. The Labute approximate surface area is 46.6 Å². The summed E-state index contributed by atoms with van der Waals surface area (Å²) < 4.78 is 23.2. The lowest BCUT2D eigenvalue weighted by molar-refractivity contribution is -0.120. The number of hydrogen-bond acceptors (Lipinski definition) is 2. The van der Waals surface area contributed by atoms with Gasteiger partial charge in [0.25, 0.3) is 6.43 Å². The lowest BCUT2D eigenvalue weighted by Gasteiger charge is -2.19. The van der Waals surface area contributed by atoms with E-state index in [1.54, 1.807) is 0 Å². The van der Waals surface area contributed by atoms with Crippen molar-refractivity contribution >= 4 is 0 Å². The van der Waals surface area contributed by atoms with Gasteiger partial charge in [-0.15, -0.1) is 0 Å². The maximum absolute atomic E-state index is 11.6. The van der Waals surface area contributed by atoms with E-state index < -0.39 is 12.0 Å². The standard InChI is InChI=1S/C4H9F2NO/c1-4(2,8-7)3(5)6/h3H,7H2,1-2H3. The first-order chi connectivity index (χ1) is 3.50. The van der Waals surface area contributed by atoms with Crippen molar-refractivity contribution in [1.29, 1.82) is 0 Å². The van der Waals surface area contributed by atoms with Crippen LogP contribution < -0.4 is 5.90 Å². The highest BCUT2D eigenvalue weighted by molar-refractivity contribution is 4.68. The Hall–Kier alpha value is -0.220. The molecule has 0 atom stereocenters. The second kappa shape index (κ2) is 2.37. The first kappa shape index (κ1) is 7.78. The summed E-state index contributed by atoms with van der Waals surface area (Å²) in [5.74, 6) is 4.53. The number of rotatable bonds is 2. The highest BCUT2D eigenvalue weighted by Gasteiger charge is 2.29. The van der Waals surface area contributed by atoms with Crippen molar-refractivity contribution in [3.8, 4) is 0 Å². The molecule has 0 saturated heterocycles. The van der Waals surface area contributed by atoms with Crippen LogP contribution in [0.4, 0.5) is 8.78 Å². The summed E-state index contributed by atoms with van der Waals surface area (Å²) in [7, 11) is 0.